The van der Waals surface area contributed by atoms with Gasteiger partial charge in [0.05, 0.1) is 13.2 Å². The number of hydrogen-bond acceptors (Lipinski definition) is 7. The van der Waals surface area contributed by atoms with E-state index in [0.29, 0.717) is 12.1 Å². The molecule has 0 bridgehead atoms. The maximum Gasteiger partial charge on any atom is 0.225 e. The fourth-order valence-electron chi connectivity index (χ4n) is 3.94. The molecule has 3 heterocycles. The molecule has 0 unspecified atom stereocenters. The first-order valence-electron chi connectivity index (χ1n) is 9.83. The highest BCUT2D eigenvalue weighted by molar-refractivity contribution is 7.18. The van der Waals surface area contributed by atoms with Crippen LogP contribution in [0, 0.1) is 0 Å². The number of rotatable bonds is 3. The lowest BCUT2D eigenvalue weighted by Crippen LogP contribution is -2.46. The van der Waals surface area contributed by atoms with Crippen molar-refractivity contribution in [2.75, 3.05) is 31.6 Å². The van der Waals surface area contributed by atoms with Crippen molar-refractivity contribution in [3.05, 3.63) is 10.3 Å². The molecule has 0 atom stereocenters. The van der Waals surface area contributed by atoms with Crippen molar-refractivity contribution in [1.29, 1.82) is 0 Å². The van der Waals surface area contributed by atoms with Gasteiger partial charge in [-0.15, -0.1) is 0 Å². The minimum atomic E-state index is -0.00860. The average Bonchev–Trinajstić information content (AvgIpc) is 3.08. The van der Waals surface area contributed by atoms with E-state index in [9.17, 15) is 0 Å². The second-order valence-corrected chi connectivity index (χ2v) is 9.88. The van der Waals surface area contributed by atoms with Gasteiger partial charge in [0.1, 0.15) is 10.5 Å². The minimum Gasteiger partial charge on any atom is -0.379 e. The van der Waals surface area contributed by atoms with E-state index < -0.39 is 0 Å². The summed E-state index contributed by atoms with van der Waals surface area (Å²) in [6, 6.07) is 1.10. The van der Waals surface area contributed by atoms with E-state index in [-0.39, 0.29) is 10.7 Å². The molecule has 2 aliphatic rings. The van der Waals surface area contributed by atoms with Crippen LogP contribution in [0.5, 0.6) is 0 Å². The molecule has 148 valence electrons. The van der Waals surface area contributed by atoms with Gasteiger partial charge in [0.15, 0.2) is 10.6 Å². The third-order valence-electron chi connectivity index (χ3n) is 5.47. The van der Waals surface area contributed by atoms with Crippen molar-refractivity contribution in [3.8, 4) is 0 Å². The highest BCUT2D eigenvalue weighted by atomic mass is 35.5. The van der Waals surface area contributed by atoms with Crippen LogP contribution in [-0.2, 0) is 10.2 Å². The maximum atomic E-state index is 6.19. The Hall–Kier alpha value is -1.02. The highest BCUT2D eigenvalue weighted by Crippen LogP contribution is 2.34. The molecule has 2 aromatic rings. The van der Waals surface area contributed by atoms with Crippen molar-refractivity contribution in [1.82, 2.24) is 19.9 Å². The summed E-state index contributed by atoms with van der Waals surface area (Å²) in [5.74, 6) is 0.784. The molecular weight excluding hydrogens is 382 g/mol. The SMILES string of the molecule is CC(C)(C)c1nc2c(N[C@H]3CC[C@H](N4CCOCC4)CC3)nc(Cl)nc2s1. The summed E-state index contributed by atoms with van der Waals surface area (Å²) in [6.07, 6.45) is 4.71. The molecule has 1 saturated heterocycles. The number of morpholine rings is 1. The fraction of sp³-hybridized carbons (Fsp3) is 0.737. The predicted octanol–water partition coefficient (Wildman–Crippen LogP) is 4.09. The monoisotopic (exact) mass is 409 g/mol. The van der Waals surface area contributed by atoms with Gasteiger partial charge in [-0.3, -0.25) is 4.90 Å². The average molecular weight is 410 g/mol. The number of nitrogens with zero attached hydrogens (tertiary/aromatic N) is 4. The second-order valence-electron chi connectivity index (χ2n) is 8.56. The normalized spacial score (nSPS) is 25.0. The van der Waals surface area contributed by atoms with Crippen LogP contribution in [0.4, 0.5) is 5.82 Å². The number of anilines is 1. The van der Waals surface area contributed by atoms with E-state index in [4.69, 9.17) is 21.3 Å². The van der Waals surface area contributed by atoms with Crippen LogP contribution in [-0.4, -0.2) is 58.2 Å². The van der Waals surface area contributed by atoms with Gasteiger partial charge in [-0.2, -0.15) is 4.98 Å². The topological polar surface area (TPSA) is 63.2 Å². The first-order chi connectivity index (χ1) is 12.9. The zero-order chi connectivity index (χ0) is 19.0. The third-order valence-corrected chi connectivity index (χ3v) is 7.02. The smallest absolute Gasteiger partial charge is 0.225 e. The lowest BCUT2D eigenvalue weighted by atomic mass is 9.90. The van der Waals surface area contributed by atoms with Gasteiger partial charge < -0.3 is 10.1 Å². The van der Waals surface area contributed by atoms with Crippen LogP contribution in [0.1, 0.15) is 51.5 Å². The van der Waals surface area contributed by atoms with Gasteiger partial charge in [-0.05, 0) is 37.3 Å². The Kier molecular flexibility index (Phi) is 5.56. The molecule has 1 aliphatic heterocycles. The van der Waals surface area contributed by atoms with Crippen LogP contribution >= 0.6 is 22.9 Å². The molecule has 1 aliphatic carbocycles. The number of ether oxygens (including phenoxy) is 1. The molecule has 2 fully saturated rings. The molecule has 0 amide bonds. The summed E-state index contributed by atoms with van der Waals surface area (Å²) < 4.78 is 5.48. The third kappa shape index (κ3) is 4.36. The Morgan fingerprint density at radius 3 is 2.44 bits per heavy atom. The number of thiazole rings is 1. The van der Waals surface area contributed by atoms with E-state index in [1.54, 1.807) is 11.3 Å². The summed E-state index contributed by atoms with van der Waals surface area (Å²) in [5.41, 5.74) is 0.843. The van der Waals surface area contributed by atoms with Crippen LogP contribution < -0.4 is 5.32 Å². The van der Waals surface area contributed by atoms with Crippen LogP contribution in [0.3, 0.4) is 0 Å². The van der Waals surface area contributed by atoms with Gasteiger partial charge in [-0.25, -0.2) is 9.97 Å². The number of nitrogens with one attached hydrogen (secondary N) is 1. The van der Waals surface area contributed by atoms with E-state index >= 15 is 0 Å². The molecule has 6 nitrogen and oxygen atoms in total. The molecule has 8 heteroatoms. The van der Waals surface area contributed by atoms with Gasteiger partial charge >= 0.3 is 0 Å². The molecule has 0 spiro atoms. The number of fused-ring (bicyclic) bond motifs is 1. The molecule has 27 heavy (non-hydrogen) atoms. The molecule has 0 radical (unpaired) electrons. The minimum absolute atomic E-state index is 0.00860. The van der Waals surface area contributed by atoms with Crippen molar-refractivity contribution >= 4 is 39.1 Å². The molecule has 2 aromatic heterocycles. The Morgan fingerprint density at radius 2 is 1.78 bits per heavy atom. The number of aromatic nitrogens is 3. The van der Waals surface area contributed by atoms with Gasteiger partial charge in [0.25, 0.3) is 0 Å². The highest BCUT2D eigenvalue weighted by Gasteiger charge is 2.28. The van der Waals surface area contributed by atoms with Crippen LogP contribution in [0.2, 0.25) is 5.28 Å². The molecule has 0 aromatic carbocycles. The van der Waals surface area contributed by atoms with E-state index in [0.717, 1.165) is 60.3 Å². The second kappa shape index (κ2) is 7.78. The molecular formula is C19H28ClN5OS. The largest absolute Gasteiger partial charge is 0.379 e. The first kappa shape index (κ1) is 19.3. The Bertz CT molecular complexity index is 791. The van der Waals surface area contributed by atoms with Gasteiger partial charge in [-0.1, -0.05) is 32.1 Å². The Balaban J connectivity index is 1.46. The van der Waals surface area contributed by atoms with Crippen molar-refractivity contribution in [2.24, 2.45) is 0 Å². The van der Waals surface area contributed by atoms with Crippen LogP contribution in [0.25, 0.3) is 10.3 Å². The Labute approximate surface area is 169 Å². The zero-order valence-corrected chi connectivity index (χ0v) is 17.9. The van der Waals surface area contributed by atoms with Crippen molar-refractivity contribution in [2.45, 2.75) is 64.0 Å². The summed E-state index contributed by atoms with van der Waals surface area (Å²) in [4.78, 5) is 17.1. The summed E-state index contributed by atoms with van der Waals surface area (Å²) in [6.45, 7) is 10.4. The van der Waals surface area contributed by atoms with Crippen molar-refractivity contribution < 1.29 is 4.74 Å². The van der Waals surface area contributed by atoms with Crippen LogP contribution in [0.15, 0.2) is 0 Å². The standard InChI is InChI=1S/C19H28ClN5OS/c1-19(2,3)17-22-14-15(23-18(20)24-16(14)27-17)21-12-4-6-13(7-5-12)25-8-10-26-11-9-25/h12-13H,4-11H2,1-3H3,(H,21,23,24)/t12-,13-. The summed E-state index contributed by atoms with van der Waals surface area (Å²) in [7, 11) is 0. The maximum absolute atomic E-state index is 6.19. The fourth-order valence-corrected chi connectivity index (χ4v) is 5.16. The van der Waals surface area contributed by atoms with E-state index in [1.165, 1.54) is 12.8 Å². The first-order valence-corrected chi connectivity index (χ1v) is 11.0. The molecule has 1 N–H and O–H groups in total. The quantitative estimate of drug-likeness (QED) is 0.770. The van der Waals surface area contributed by atoms with Gasteiger partial charge in [0.2, 0.25) is 5.28 Å². The van der Waals surface area contributed by atoms with Crippen molar-refractivity contribution in [3.63, 3.8) is 0 Å². The predicted molar refractivity (Wildman–Crippen MR) is 111 cm³/mol. The lowest BCUT2D eigenvalue weighted by Gasteiger charge is -2.39. The van der Waals surface area contributed by atoms with E-state index in [2.05, 4.69) is 41.0 Å². The summed E-state index contributed by atoms with van der Waals surface area (Å²) >= 11 is 7.80. The van der Waals surface area contributed by atoms with E-state index in [1.807, 2.05) is 0 Å². The molecule has 1 saturated carbocycles. The zero-order valence-electron chi connectivity index (χ0n) is 16.3. The Morgan fingerprint density at radius 1 is 1.07 bits per heavy atom. The summed E-state index contributed by atoms with van der Waals surface area (Å²) in [5, 5.41) is 4.97. The molecule has 4 rings (SSSR count). The number of halogens is 1. The number of hydrogen-bond donors (Lipinski definition) is 1. The lowest BCUT2D eigenvalue weighted by molar-refractivity contribution is 0.00791. The van der Waals surface area contributed by atoms with Gasteiger partial charge in [0, 0.05) is 30.6 Å².